The minimum atomic E-state index is -4.21. The molecule has 5 rings (SSSR count). The van der Waals surface area contributed by atoms with E-state index in [9.17, 15) is 26.6 Å². The Balaban J connectivity index is 1.43. The number of hydrogen-bond donors (Lipinski definition) is 2. The van der Waals surface area contributed by atoms with E-state index in [1.807, 2.05) is 0 Å². The van der Waals surface area contributed by atoms with Crippen molar-refractivity contribution in [2.45, 2.75) is 68.3 Å². The van der Waals surface area contributed by atoms with E-state index in [-0.39, 0.29) is 30.1 Å². The van der Waals surface area contributed by atoms with Crippen LogP contribution in [0.5, 0.6) is 0 Å². The lowest BCUT2D eigenvalue weighted by Gasteiger charge is -2.53. The van der Waals surface area contributed by atoms with Gasteiger partial charge in [0.05, 0.1) is 16.7 Å². The Morgan fingerprint density at radius 2 is 1.68 bits per heavy atom. The molecule has 4 fully saturated rings. The molecule has 10 heteroatoms. The molecule has 1 heterocycles. The van der Waals surface area contributed by atoms with Gasteiger partial charge in [0.1, 0.15) is 5.82 Å². The summed E-state index contributed by atoms with van der Waals surface area (Å²) in [4.78, 5) is 13.1. The zero-order valence-corrected chi connectivity index (χ0v) is 18.7. The molecule has 3 aliphatic carbocycles. The van der Waals surface area contributed by atoms with Crippen molar-refractivity contribution in [3.8, 4) is 0 Å². The molecule has 0 atom stereocenters. The maximum absolute atomic E-state index is 13.9. The number of anilines is 1. The molecule has 1 amide bonds. The molecule has 2 N–H and O–H groups in total. The second-order valence-electron chi connectivity index (χ2n) is 8.97. The summed E-state index contributed by atoms with van der Waals surface area (Å²) in [5.41, 5.74) is -1.61. The molecule has 0 aromatic heterocycles. The first-order valence-corrected chi connectivity index (χ1v) is 12.9. The standard InChI is InChI=1S/C21H26F4N2O2S2/c22-14-1-2-16(17(13-14)27-30-15-3-11-31(29)12-4-15)18(28)26-20-8-5-19(6-9-20,7-10-20)21(23,24)25/h1-2,13,15,27H,3-12H2,(H,26,28). The molecule has 1 aromatic carbocycles. The average molecular weight is 479 g/mol. The van der Waals surface area contributed by atoms with E-state index < -0.39 is 39.7 Å². The number of amides is 1. The highest BCUT2D eigenvalue weighted by Crippen LogP contribution is 2.59. The first kappa shape index (κ1) is 22.9. The van der Waals surface area contributed by atoms with Crippen LogP contribution in [0.2, 0.25) is 0 Å². The lowest BCUT2D eigenvalue weighted by Crippen LogP contribution is -2.59. The highest BCUT2D eigenvalue weighted by molar-refractivity contribution is 8.01. The Kier molecular flexibility index (Phi) is 6.33. The Labute approximate surface area is 185 Å². The van der Waals surface area contributed by atoms with E-state index in [4.69, 9.17) is 0 Å². The number of benzene rings is 1. The fourth-order valence-corrected chi connectivity index (χ4v) is 7.47. The Morgan fingerprint density at radius 1 is 1.06 bits per heavy atom. The van der Waals surface area contributed by atoms with Crippen LogP contribution in [0.15, 0.2) is 18.2 Å². The number of fused-ring (bicyclic) bond motifs is 3. The topological polar surface area (TPSA) is 58.2 Å². The van der Waals surface area contributed by atoms with E-state index in [0.29, 0.717) is 36.5 Å². The van der Waals surface area contributed by atoms with Crippen LogP contribution in [0.25, 0.3) is 0 Å². The SMILES string of the molecule is O=C(NC12CCC(C(F)(F)F)(CC1)CC2)c1ccc(F)cc1NSC1CCS(=O)CC1. The van der Waals surface area contributed by atoms with Crippen LogP contribution in [0.3, 0.4) is 0 Å². The molecule has 31 heavy (non-hydrogen) atoms. The summed E-state index contributed by atoms with van der Waals surface area (Å²) in [6, 6.07) is 3.88. The first-order chi connectivity index (χ1) is 14.6. The zero-order valence-electron chi connectivity index (χ0n) is 17.0. The molecule has 4 aliphatic rings. The van der Waals surface area contributed by atoms with Crippen molar-refractivity contribution < 1.29 is 26.6 Å². The van der Waals surface area contributed by atoms with Gasteiger partial charge in [-0.2, -0.15) is 13.2 Å². The predicted octanol–water partition coefficient (Wildman–Crippen LogP) is 5.18. The fourth-order valence-electron chi connectivity index (χ4n) is 4.94. The van der Waals surface area contributed by atoms with Crippen molar-refractivity contribution >= 4 is 34.3 Å². The molecule has 1 saturated heterocycles. The number of carbonyl (C=O) groups excluding carboxylic acids is 1. The summed E-state index contributed by atoms with van der Waals surface area (Å²) < 4.78 is 68.9. The second-order valence-corrected chi connectivity index (χ2v) is 11.8. The zero-order chi connectivity index (χ0) is 22.3. The largest absolute Gasteiger partial charge is 0.394 e. The molecule has 1 aromatic rings. The summed E-state index contributed by atoms with van der Waals surface area (Å²) in [5.74, 6) is 0.400. The molecule has 2 bridgehead atoms. The Bertz CT molecular complexity index is 843. The number of nitrogens with one attached hydrogen (secondary N) is 2. The van der Waals surface area contributed by atoms with Gasteiger partial charge < -0.3 is 10.0 Å². The van der Waals surface area contributed by atoms with Gasteiger partial charge in [0.15, 0.2) is 0 Å². The predicted molar refractivity (Wildman–Crippen MR) is 115 cm³/mol. The van der Waals surface area contributed by atoms with Crippen molar-refractivity contribution in [3.63, 3.8) is 0 Å². The van der Waals surface area contributed by atoms with Gasteiger partial charge in [-0.05, 0) is 81.5 Å². The molecule has 1 aliphatic heterocycles. The summed E-state index contributed by atoms with van der Waals surface area (Å²) in [6.45, 7) is 0. The van der Waals surface area contributed by atoms with Gasteiger partial charge in [-0.1, -0.05) is 0 Å². The lowest BCUT2D eigenvalue weighted by atomic mass is 9.57. The van der Waals surface area contributed by atoms with E-state index in [0.717, 1.165) is 12.8 Å². The van der Waals surface area contributed by atoms with Gasteiger partial charge in [0.2, 0.25) is 0 Å². The first-order valence-electron chi connectivity index (χ1n) is 10.6. The van der Waals surface area contributed by atoms with E-state index in [2.05, 4.69) is 10.0 Å². The highest BCUT2D eigenvalue weighted by atomic mass is 32.2. The van der Waals surface area contributed by atoms with Gasteiger partial charge >= 0.3 is 6.18 Å². The molecule has 0 unspecified atom stereocenters. The molecule has 4 nitrogen and oxygen atoms in total. The van der Waals surface area contributed by atoms with Crippen LogP contribution >= 0.6 is 11.9 Å². The van der Waals surface area contributed by atoms with Crippen LogP contribution in [0.4, 0.5) is 23.2 Å². The summed E-state index contributed by atoms with van der Waals surface area (Å²) >= 11 is 1.40. The van der Waals surface area contributed by atoms with Crippen molar-refractivity contribution in [2.75, 3.05) is 16.2 Å². The molecule has 0 radical (unpaired) electrons. The normalized spacial score (nSPS) is 33.2. The Morgan fingerprint density at radius 3 is 2.26 bits per heavy atom. The van der Waals surface area contributed by atoms with Crippen molar-refractivity contribution in [2.24, 2.45) is 5.41 Å². The monoisotopic (exact) mass is 478 g/mol. The van der Waals surface area contributed by atoms with Gasteiger partial charge in [0, 0.05) is 33.1 Å². The van der Waals surface area contributed by atoms with Crippen LogP contribution in [-0.2, 0) is 10.8 Å². The minimum Gasteiger partial charge on any atom is -0.347 e. The maximum atomic E-state index is 13.9. The van der Waals surface area contributed by atoms with Crippen molar-refractivity contribution in [1.82, 2.24) is 5.32 Å². The second kappa shape index (κ2) is 8.57. The fraction of sp³-hybridized carbons (Fsp3) is 0.667. The number of alkyl halides is 3. The number of halogens is 4. The molecule has 0 spiro atoms. The number of hydrogen-bond acceptors (Lipinski definition) is 4. The molecule has 3 saturated carbocycles. The molecular weight excluding hydrogens is 452 g/mol. The van der Waals surface area contributed by atoms with Crippen LogP contribution in [-0.4, -0.2) is 38.6 Å². The average Bonchev–Trinajstić information content (AvgIpc) is 2.73. The number of carbonyl (C=O) groups is 1. The van der Waals surface area contributed by atoms with E-state index in [1.165, 1.54) is 30.1 Å². The summed E-state index contributed by atoms with van der Waals surface area (Å²) in [7, 11) is -0.775. The maximum Gasteiger partial charge on any atom is 0.394 e. The van der Waals surface area contributed by atoms with Crippen LogP contribution in [0, 0.1) is 11.2 Å². The van der Waals surface area contributed by atoms with Crippen LogP contribution < -0.4 is 10.0 Å². The van der Waals surface area contributed by atoms with E-state index in [1.54, 1.807) is 0 Å². The number of rotatable bonds is 5. The van der Waals surface area contributed by atoms with Gasteiger partial charge in [-0.15, -0.1) is 0 Å². The van der Waals surface area contributed by atoms with Gasteiger partial charge in [-0.3, -0.25) is 9.00 Å². The Hall–Kier alpha value is -1.29. The van der Waals surface area contributed by atoms with Crippen molar-refractivity contribution in [3.05, 3.63) is 29.6 Å². The summed E-state index contributed by atoms with van der Waals surface area (Å²) in [6.07, 6.45) is -1.64. The van der Waals surface area contributed by atoms with Gasteiger partial charge in [0.25, 0.3) is 5.91 Å². The smallest absolute Gasteiger partial charge is 0.347 e. The lowest BCUT2D eigenvalue weighted by molar-refractivity contribution is -0.253. The van der Waals surface area contributed by atoms with Gasteiger partial charge in [-0.25, -0.2) is 4.39 Å². The third-order valence-electron chi connectivity index (χ3n) is 7.12. The van der Waals surface area contributed by atoms with Crippen molar-refractivity contribution in [1.29, 1.82) is 0 Å². The summed E-state index contributed by atoms with van der Waals surface area (Å²) in [5, 5.41) is 3.22. The highest BCUT2D eigenvalue weighted by Gasteiger charge is 2.61. The van der Waals surface area contributed by atoms with E-state index >= 15 is 0 Å². The molecular formula is C21H26F4N2O2S2. The third kappa shape index (κ3) is 4.74. The molecule has 172 valence electrons. The quantitative estimate of drug-likeness (QED) is 0.452. The van der Waals surface area contributed by atoms with Crippen LogP contribution in [0.1, 0.15) is 61.7 Å². The third-order valence-corrected chi connectivity index (χ3v) is 9.65. The minimum absolute atomic E-state index is 0.0320.